The lowest BCUT2D eigenvalue weighted by molar-refractivity contribution is 1.07. The Morgan fingerprint density at radius 2 is 0.922 bits per heavy atom. The average Bonchev–Trinajstić information content (AvgIpc) is 3.88. The van der Waals surface area contributed by atoms with Gasteiger partial charge in [-0.05, 0) is 30.3 Å². The molecule has 0 radical (unpaired) electrons. The zero-order valence-electron chi connectivity index (χ0n) is 27.1. The van der Waals surface area contributed by atoms with Gasteiger partial charge in [-0.2, -0.15) is 0 Å². The normalized spacial score (nSPS) is 11.9. The highest BCUT2D eigenvalue weighted by molar-refractivity contribution is 7.30. The van der Waals surface area contributed by atoms with E-state index >= 15 is 0 Å². The van der Waals surface area contributed by atoms with Gasteiger partial charge in [0.05, 0.1) is 21.4 Å². The van der Waals surface area contributed by atoms with Crippen molar-refractivity contribution < 1.29 is 0 Å². The molecular formula is C45H26N4S2. The van der Waals surface area contributed by atoms with Crippen molar-refractivity contribution in [2.24, 2.45) is 0 Å². The fraction of sp³-hybridized carbons (Fsp3) is 0. The molecule has 7 aromatic carbocycles. The first-order valence-corrected chi connectivity index (χ1v) is 18.6. The summed E-state index contributed by atoms with van der Waals surface area (Å²) in [5.41, 5.74) is 6.59. The lowest BCUT2D eigenvalue weighted by Crippen LogP contribution is -1.99. The summed E-state index contributed by atoms with van der Waals surface area (Å²) < 4.78 is 7.58. The molecule has 0 fully saturated rings. The van der Waals surface area contributed by atoms with Gasteiger partial charge in [-0.15, -0.1) is 22.7 Å². The van der Waals surface area contributed by atoms with Gasteiger partial charge in [0.25, 0.3) is 0 Å². The molecule has 51 heavy (non-hydrogen) atoms. The van der Waals surface area contributed by atoms with Crippen LogP contribution in [-0.4, -0.2) is 19.5 Å². The summed E-state index contributed by atoms with van der Waals surface area (Å²) in [7, 11) is 0. The molecule has 0 amide bonds. The molecule has 0 bridgehead atoms. The van der Waals surface area contributed by atoms with Crippen molar-refractivity contribution >= 4 is 84.8 Å². The Kier molecular flexibility index (Phi) is 6.26. The van der Waals surface area contributed by atoms with Crippen LogP contribution in [0.15, 0.2) is 158 Å². The molecule has 4 aromatic heterocycles. The average molecular weight is 687 g/mol. The summed E-state index contributed by atoms with van der Waals surface area (Å²) in [6, 6.07) is 55.8. The number of hydrogen-bond acceptors (Lipinski definition) is 5. The van der Waals surface area contributed by atoms with Gasteiger partial charge in [-0.3, -0.25) is 0 Å². The van der Waals surface area contributed by atoms with Crippen molar-refractivity contribution in [3.8, 4) is 39.9 Å². The maximum Gasteiger partial charge on any atom is 0.164 e. The van der Waals surface area contributed by atoms with Crippen LogP contribution in [0.4, 0.5) is 0 Å². The van der Waals surface area contributed by atoms with E-state index in [2.05, 4.69) is 102 Å². The number of hydrogen-bond donors (Lipinski definition) is 0. The van der Waals surface area contributed by atoms with E-state index in [1.165, 1.54) is 67.8 Å². The Morgan fingerprint density at radius 3 is 1.59 bits per heavy atom. The van der Waals surface area contributed by atoms with Crippen LogP contribution in [0.3, 0.4) is 0 Å². The third-order valence-corrected chi connectivity index (χ3v) is 12.2. The minimum Gasteiger partial charge on any atom is -0.308 e. The third-order valence-electron chi connectivity index (χ3n) is 9.86. The lowest BCUT2D eigenvalue weighted by atomic mass is 10.1. The number of benzene rings is 7. The molecule has 4 nitrogen and oxygen atoms in total. The van der Waals surface area contributed by atoms with Crippen LogP contribution in [-0.2, 0) is 0 Å². The molecule has 11 rings (SSSR count). The van der Waals surface area contributed by atoms with E-state index < -0.39 is 0 Å². The molecule has 0 aliphatic rings. The van der Waals surface area contributed by atoms with E-state index in [0.717, 1.165) is 16.7 Å². The Balaban J connectivity index is 1.11. The van der Waals surface area contributed by atoms with Crippen LogP contribution in [0.25, 0.3) is 102 Å². The smallest absolute Gasteiger partial charge is 0.164 e. The Hall–Kier alpha value is -6.21. The molecule has 0 saturated carbocycles. The Morgan fingerprint density at radius 1 is 0.373 bits per heavy atom. The summed E-state index contributed by atoms with van der Waals surface area (Å²) in [6.07, 6.45) is 0. The summed E-state index contributed by atoms with van der Waals surface area (Å²) in [5.74, 6) is 2.01. The predicted molar refractivity (Wildman–Crippen MR) is 216 cm³/mol. The van der Waals surface area contributed by atoms with E-state index in [1.807, 2.05) is 83.3 Å². The minimum absolute atomic E-state index is 0.668. The van der Waals surface area contributed by atoms with Crippen molar-refractivity contribution in [1.29, 1.82) is 0 Å². The van der Waals surface area contributed by atoms with Gasteiger partial charge < -0.3 is 4.57 Å². The van der Waals surface area contributed by atoms with Gasteiger partial charge in [-0.1, -0.05) is 127 Å². The molecule has 0 N–H and O–H groups in total. The molecule has 0 unspecified atom stereocenters. The highest BCUT2D eigenvalue weighted by atomic mass is 32.1. The maximum absolute atomic E-state index is 5.00. The molecule has 0 saturated heterocycles. The number of rotatable bonds is 4. The van der Waals surface area contributed by atoms with Gasteiger partial charge in [0, 0.05) is 63.1 Å². The standard InChI is InChI=1S/C45H26N4S2/c1-3-12-27(13-4-1)43-46-44(28-14-5-2-6-15-28)48-45(47-43)29-22-23-32-33-24-25-38-40(42(33)51-39(32)26-29)34-18-11-21-37(41(34)50-38)49-35-19-9-7-16-30(35)31-17-8-10-20-36(31)49/h1-26H. The highest BCUT2D eigenvalue weighted by Gasteiger charge is 2.19. The van der Waals surface area contributed by atoms with Crippen molar-refractivity contribution in [3.63, 3.8) is 0 Å². The lowest BCUT2D eigenvalue weighted by Gasteiger charge is -2.09. The SMILES string of the molecule is c1ccc(-c2nc(-c3ccccc3)nc(-c3ccc4c(c3)sc3c4ccc4sc5c(-n6c7ccccc7c7ccccc76)cccc5c43)n2)cc1. The summed E-state index contributed by atoms with van der Waals surface area (Å²) in [6.45, 7) is 0. The van der Waals surface area contributed by atoms with Crippen LogP contribution >= 0.6 is 22.7 Å². The first-order valence-electron chi connectivity index (χ1n) is 16.9. The van der Waals surface area contributed by atoms with E-state index in [1.54, 1.807) is 0 Å². The number of para-hydroxylation sites is 2. The fourth-order valence-corrected chi connectivity index (χ4v) is 10.1. The van der Waals surface area contributed by atoms with Gasteiger partial charge in [0.1, 0.15) is 0 Å². The van der Waals surface area contributed by atoms with Crippen molar-refractivity contribution in [2.45, 2.75) is 0 Å². The number of fused-ring (bicyclic) bond motifs is 10. The topological polar surface area (TPSA) is 43.6 Å². The monoisotopic (exact) mass is 686 g/mol. The van der Waals surface area contributed by atoms with Crippen LogP contribution in [0.5, 0.6) is 0 Å². The first-order chi connectivity index (χ1) is 25.3. The van der Waals surface area contributed by atoms with Crippen molar-refractivity contribution in [2.75, 3.05) is 0 Å². The summed E-state index contributed by atoms with van der Waals surface area (Å²) in [4.78, 5) is 14.9. The van der Waals surface area contributed by atoms with Gasteiger partial charge in [-0.25, -0.2) is 15.0 Å². The molecule has 0 aliphatic heterocycles. The second-order valence-electron chi connectivity index (χ2n) is 12.8. The quantitative estimate of drug-likeness (QED) is 0.185. The molecule has 6 heteroatoms. The van der Waals surface area contributed by atoms with Crippen LogP contribution in [0, 0.1) is 0 Å². The molecular weight excluding hydrogens is 661 g/mol. The molecule has 0 atom stereocenters. The van der Waals surface area contributed by atoms with Gasteiger partial charge >= 0.3 is 0 Å². The molecule has 0 spiro atoms. The second kappa shape index (κ2) is 11.2. The molecule has 0 aliphatic carbocycles. The van der Waals surface area contributed by atoms with Crippen LogP contribution in [0.2, 0.25) is 0 Å². The largest absolute Gasteiger partial charge is 0.308 e. The van der Waals surface area contributed by atoms with Gasteiger partial charge in [0.15, 0.2) is 17.5 Å². The summed E-state index contributed by atoms with van der Waals surface area (Å²) in [5, 5.41) is 7.71. The third kappa shape index (κ3) is 4.40. The maximum atomic E-state index is 5.00. The zero-order valence-corrected chi connectivity index (χ0v) is 28.7. The second-order valence-corrected chi connectivity index (χ2v) is 14.9. The van der Waals surface area contributed by atoms with E-state index in [4.69, 9.17) is 15.0 Å². The Labute approximate surface area is 300 Å². The number of thiophene rings is 2. The minimum atomic E-state index is 0.668. The van der Waals surface area contributed by atoms with Crippen LogP contribution in [0.1, 0.15) is 0 Å². The van der Waals surface area contributed by atoms with E-state index in [0.29, 0.717) is 17.5 Å². The molecule has 4 heterocycles. The zero-order chi connectivity index (χ0) is 33.5. The Bertz CT molecular complexity index is 3030. The van der Waals surface area contributed by atoms with Gasteiger partial charge in [0.2, 0.25) is 0 Å². The predicted octanol–water partition coefficient (Wildman–Crippen LogP) is 12.7. The van der Waals surface area contributed by atoms with Crippen molar-refractivity contribution in [3.05, 3.63) is 158 Å². The van der Waals surface area contributed by atoms with E-state index in [9.17, 15) is 0 Å². The van der Waals surface area contributed by atoms with Crippen molar-refractivity contribution in [1.82, 2.24) is 19.5 Å². The van der Waals surface area contributed by atoms with Crippen LogP contribution < -0.4 is 0 Å². The number of aromatic nitrogens is 4. The molecule has 11 aromatic rings. The first kappa shape index (κ1) is 28.6. The molecule has 238 valence electrons. The van der Waals surface area contributed by atoms with E-state index in [-0.39, 0.29) is 0 Å². The highest BCUT2D eigenvalue weighted by Crippen LogP contribution is 2.47. The number of nitrogens with zero attached hydrogens (tertiary/aromatic N) is 4. The summed E-state index contributed by atoms with van der Waals surface area (Å²) >= 11 is 3.74. The fourth-order valence-electron chi connectivity index (χ4n) is 7.54.